The summed E-state index contributed by atoms with van der Waals surface area (Å²) in [4.78, 5) is 34.0. The molecule has 2 aliphatic carbocycles. The zero-order chi connectivity index (χ0) is 18.0. The van der Waals surface area contributed by atoms with E-state index < -0.39 is 29.7 Å². The van der Waals surface area contributed by atoms with Gasteiger partial charge in [0.05, 0.1) is 6.42 Å². The minimum atomic E-state index is -0.986. The number of esters is 1. The SMILES string of the molecule is CC[C@@]12CC=C[C@@H]1[C@](CNC(=O)OC(C)OC(C)=O)(CC(=O)O)C2. The van der Waals surface area contributed by atoms with Crippen LogP contribution in [0.4, 0.5) is 4.79 Å². The first-order valence-corrected chi connectivity index (χ1v) is 8.23. The summed E-state index contributed by atoms with van der Waals surface area (Å²) in [5.74, 6) is -1.26. The number of aliphatic carboxylic acids is 1. The highest BCUT2D eigenvalue weighted by atomic mass is 16.7. The first-order chi connectivity index (χ1) is 11.2. The standard InChI is InChI=1S/C17H25NO6/c1-4-16-7-5-6-13(16)17(9-16,8-14(20)21)10-18-15(22)24-12(3)23-11(2)19/h5-6,12-13H,4,7-10H2,1-3H3,(H,18,22)(H,20,21)/t12?,13-,16-,17+/m0/s1. The van der Waals surface area contributed by atoms with E-state index in [0.29, 0.717) is 0 Å². The molecule has 1 fully saturated rings. The van der Waals surface area contributed by atoms with Crippen molar-refractivity contribution in [1.29, 1.82) is 0 Å². The van der Waals surface area contributed by atoms with Crippen molar-refractivity contribution < 1.29 is 29.0 Å². The third kappa shape index (κ3) is 3.55. The molecular weight excluding hydrogens is 314 g/mol. The Morgan fingerprint density at radius 2 is 2.08 bits per heavy atom. The van der Waals surface area contributed by atoms with Crippen LogP contribution >= 0.6 is 0 Å². The fourth-order valence-corrected chi connectivity index (χ4v) is 4.38. The molecule has 1 saturated carbocycles. The molecule has 1 unspecified atom stereocenters. The average Bonchev–Trinajstić information content (AvgIpc) is 2.80. The van der Waals surface area contributed by atoms with Crippen molar-refractivity contribution in [1.82, 2.24) is 5.32 Å². The predicted octanol–water partition coefficient (Wildman–Crippen LogP) is 2.46. The zero-order valence-electron chi connectivity index (χ0n) is 14.3. The van der Waals surface area contributed by atoms with Crippen molar-refractivity contribution in [2.24, 2.45) is 16.7 Å². The van der Waals surface area contributed by atoms with Gasteiger partial charge in [-0.25, -0.2) is 4.79 Å². The van der Waals surface area contributed by atoms with E-state index in [1.165, 1.54) is 13.8 Å². The summed E-state index contributed by atoms with van der Waals surface area (Å²) in [5.41, 5.74) is -0.357. The number of hydrogen-bond acceptors (Lipinski definition) is 5. The summed E-state index contributed by atoms with van der Waals surface area (Å²) >= 11 is 0. The lowest BCUT2D eigenvalue weighted by Gasteiger charge is -2.60. The Kier molecular flexibility index (Phi) is 5.20. The minimum Gasteiger partial charge on any atom is -0.481 e. The number of ether oxygens (including phenoxy) is 2. The van der Waals surface area contributed by atoms with Crippen molar-refractivity contribution in [2.45, 2.75) is 52.7 Å². The van der Waals surface area contributed by atoms with Crippen LogP contribution in [0.25, 0.3) is 0 Å². The van der Waals surface area contributed by atoms with Crippen LogP contribution in [0.15, 0.2) is 12.2 Å². The maximum absolute atomic E-state index is 11.9. The molecule has 7 nitrogen and oxygen atoms in total. The van der Waals surface area contributed by atoms with E-state index in [1.807, 2.05) is 0 Å². The van der Waals surface area contributed by atoms with Gasteiger partial charge in [-0.3, -0.25) is 9.59 Å². The number of alkyl carbamates (subject to hydrolysis) is 1. The third-order valence-corrected chi connectivity index (χ3v) is 5.27. The molecule has 0 aliphatic heterocycles. The molecule has 0 radical (unpaired) electrons. The molecule has 2 aliphatic rings. The fourth-order valence-electron chi connectivity index (χ4n) is 4.38. The molecule has 0 bridgehead atoms. The first-order valence-electron chi connectivity index (χ1n) is 8.23. The minimum absolute atomic E-state index is 0.00351. The molecule has 0 spiro atoms. The largest absolute Gasteiger partial charge is 0.481 e. The van der Waals surface area contributed by atoms with Crippen molar-refractivity contribution in [3.05, 3.63) is 12.2 Å². The van der Waals surface area contributed by atoms with Crippen molar-refractivity contribution in [3.8, 4) is 0 Å². The van der Waals surface area contributed by atoms with Gasteiger partial charge in [0.2, 0.25) is 6.29 Å². The van der Waals surface area contributed by atoms with Gasteiger partial charge in [-0.05, 0) is 30.6 Å². The Morgan fingerprint density at radius 3 is 2.67 bits per heavy atom. The molecule has 0 aromatic heterocycles. The highest BCUT2D eigenvalue weighted by Gasteiger charge is 2.62. The average molecular weight is 339 g/mol. The number of nitrogens with one attached hydrogen (secondary N) is 1. The second-order valence-corrected chi connectivity index (χ2v) is 6.87. The van der Waals surface area contributed by atoms with Gasteiger partial charge in [0.15, 0.2) is 0 Å². The number of fused-ring (bicyclic) bond motifs is 1. The summed E-state index contributed by atoms with van der Waals surface area (Å²) in [7, 11) is 0. The molecule has 0 aromatic carbocycles. The van der Waals surface area contributed by atoms with E-state index in [4.69, 9.17) is 9.47 Å². The van der Waals surface area contributed by atoms with Gasteiger partial charge in [0.1, 0.15) is 0 Å². The normalized spacial score (nSPS) is 31.5. The van der Waals surface area contributed by atoms with Gasteiger partial charge in [-0.1, -0.05) is 19.1 Å². The van der Waals surface area contributed by atoms with E-state index in [-0.39, 0.29) is 24.3 Å². The number of carboxylic acid groups (broad SMARTS) is 1. The second-order valence-electron chi connectivity index (χ2n) is 6.87. The van der Waals surface area contributed by atoms with Gasteiger partial charge in [-0.15, -0.1) is 0 Å². The van der Waals surface area contributed by atoms with Crippen LogP contribution in [0.3, 0.4) is 0 Å². The molecular formula is C17H25NO6. The molecule has 0 heterocycles. The van der Waals surface area contributed by atoms with Gasteiger partial charge in [-0.2, -0.15) is 0 Å². The lowest BCUT2D eigenvalue weighted by atomic mass is 9.44. The second kappa shape index (κ2) is 6.83. The molecule has 2 N–H and O–H groups in total. The van der Waals surface area contributed by atoms with Crippen molar-refractivity contribution >= 4 is 18.0 Å². The zero-order valence-corrected chi connectivity index (χ0v) is 14.3. The van der Waals surface area contributed by atoms with E-state index in [1.54, 1.807) is 0 Å². The van der Waals surface area contributed by atoms with Crippen molar-refractivity contribution in [3.63, 3.8) is 0 Å². The highest BCUT2D eigenvalue weighted by molar-refractivity contribution is 5.70. The Labute approximate surface area is 141 Å². The Bertz CT molecular complexity index is 559. The molecule has 24 heavy (non-hydrogen) atoms. The van der Waals surface area contributed by atoms with Gasteiger partial charge in [0.25, 0.3) is 0 Å². The number of carbonyl (C=O) groups excluding carboxylic acids is 2. The number of amides is 1. The summed E-state index contributed by atoms with van der Waals surface area (Å²) in [6.45, 7) is 5.01. The molecule has 134 valence electrons. The van der Waals surface area contributed by atoms with E-state index in [2.05, 4.69) is 24.4 Å². The van der Waals surface area contributed by atoms with Crippen LogP contribution < -0.4 is 5.32 Å². The maximum atomic E-state index is 11.9. The molecule has 2 rings (SSSR count). The fraction of sp³-hybridized carbons (Fsp3) is 0.706. The van der Waals surface area contributed by atoms with Gasteiger partial charge < -0.3 is 19.9 Å². The highest BCUT2D eigenvalue weighted by Crippen LogP contribution is 2.67. The van der Waals surface area contributed by atoms with Crippen LogP contribution in [0.5, 0.6) is 0 Å². The Balaban J connectivity index is 1.96. The number of allylic oxidation sites excluding steroid dienone is 2. The molecule has 0 saturated heterocycles. The molecule has 7 heteroatoms. The lowest BCUT2D eigenvalue weighted by molar-refractivity contribution is -0.163. The van der Waals surface area contributed by atoms with E-state index in [9.17, 15) is 19.5 Å². The maximum Gasteiger partial charge on any atom is 0.410 e. The van der Waals surface area contributed by atoms with E-state index >= 15 is 0 Å². The van der Waals surface area contributed by atoms with Crippen molar-refractivity contribution in [2.75, 3.05) is 6.54 Å². The Hall–Kier alpha value is -2.05. The third-order valence-electron chi connectivity index (χ3n) is 5.27. The first kappa shape index (κ1) is 18.3. The number of carbonyl (C=O) groups is 3. The number of carboxylic acids is 1. The van der Waals surface area contributed by atoms with E-state index in [0.717, 1.165) is 19.3 Å². The topological polar surface area (TPSA) is 102 Å². The molecule has 1 amide bonds. The monoisotopic (exact) mass is 339 g/mol. The smallest absolute Gasteiger partial charge is 0.410 e. The van der Waals surface area contributed by atoms with Crippen LogP contribution in [0.2, 0.25) is 0 Å². The van der Waals surface area contributed by atoms with Crippen LogP contribution in [-0.2, 0) is 19.1 Å². The van der Waals surface area contributed by atoms with Crippen LogP contribution in [-0.4, -0.2) is 36.0 Å². The summed E-state index contributed by atoms with van der Waals surface area (Å²) in [6.07, 6.45) is 5.21. The number of rotatable bonds is 7. The molecule has 0 aromatic rings. The van der Waals surface area contributed by atoms with Crippen LogP contribution in [0, 0.1) is 16.7 Å². The summed E-state index contributed by atoms with van der Waals surface area (Å²) in [5, 5.41) is 11.9. The summed E-state index contributed by atoms with van der Waals surface area (Å²) in [6, 6.07) is 0. The number of hydrogen-bond donors (Lipinski definition) is 2. The summed E-state index contributed by atoms with van der Waals surface area (Å²) < 4.78 is 9.67. The van der Waals surface area contributed by atoms with Gasteiger partial charge >= 0.3 is 18.0 Å². The molecule has 4 atom stereocenters. The van der Waals surface area contributed by atoms with Crippen LogP contribution in [0.1, 0.15) is 46.5 Å². The predicted molar refractivity (Wildman–Crippen MR) is 85.0 cm³/mol. The quantitative estimate of drug-likeness (QED) is 0.420. The lowest BCUT2D eigenvalue weighted by Crippen LogP contribution is -2.59. The Morgan fingerprint density at radius 1 is 1.38 bits per heavy atom. The van der Waals surface area contributed by atoms with Gasteiger partial charge in [0, 0.05) is 25.8 Å².